The highest BCUT2D eigenvalue weighted by molar-refractivity contribution is 5.76. The lowest BCUT2D eigenvalue weighted by Gasteiger charge is -2.35. The molecule has 0 saturated carbocycles. The number of carbonyl (C=O) groups excluding carboxylic acids is 1. The second kappa shape index (κ2) is 12.9. The maximum absolute atomic E-state index is 14.8. The molecule has 0 fully saturated rings. The monoisotopic (exact) mass is 524 g/mol. The molecule has 38 heavy (non-hydrogen) atoms. The lowest BCUT2D eigenvalue weighted by Crippen LogP contribution is -2.52. The van der Waals surface area contributed by atoms with Gasteiger partial charge in [-0.2, -0.15) is 0 Å². The van der Waals surface area contributed by atoms with Gasteiger partial charge in [-0.3, -0.25) is 0 Å². The van der Waals surface area contributed by atoms with E-state index in [4.69, 9.17) is 14.2 Å². The van der Waals surface area contributed by atoms with E-state index < -0.39 is 24.1 Å². The summed E-state index contributed by atoms with van der Waals surface area (Å²) in [7, 11) is 4.64. The van der Waals surface area contributed by atoms with E-state index in [0.717, 1.165) is 11.1 Å². The molecule has 0 saturated heterocycles. The van der Waals surface area contributed by atoms with Gasteiger partial charge >= 0.3 is 6.03 Å². The summed E-state index contributed by atoms with van der Waals surface area (Å²) in [6.45, 7) is 4.87. The van der Waals surface area contributed by atoms with Crippen molar-refractivity contribution in [2.45, 2.75) is 32.0 Å². The minimum absolute atomic E-state index is 0.0102. The van der Waals surface area contributed by atoms with Crippen LogP contribution >= 0.6 is 0 Å². The van der Waals surface area contributed by atoms with Gasteiger partial charge in [0, 0.05) is 22.8 Å². The zero-order valence-electron chi connectivity index (χ0n) is 22.2. The van der Waals surface area contributed by atoms with Gasteiger partial charge in [0.15, 0.2) is 0 Å². The van der Waals surface area contributed by atoms with E-state index in [1.54, 1.807) is 38.5 Å². The number of amides is 2. The standard InChI is InChI=1S/C30H34F2N2O4/c1-6-15-30(20-31,25-9-7-8-10-26(25)32)33-29(35)34(18-22-12-11-21(2)16-27(22)37-4)19-23-13-14-24(36-3)17-28(23)38-5/h6-14,16-17H,1,15,18-20H2,2-5H3,(H,33,35)/t30-/m1/s1. The third kappa shape index (κ3) is 6.43. The van der Waals surface area contributed by atoms with Gasteiger partial charge in [0.05, 0.1) is 34.4 Å². The van der Waals surface area contributed by atoms with Crippen molar-refractivity contribution in [2.75, 3.05) is 28.0 Å². The van der Waals surface area contributed by atoms with E-state index in [0.29, 0.717) is 22.8 Å². The first-order chi connectivity index (χ1) is 18.3. The van der Waals surface area contributed by atoms with E-state index in [1.807, 2.05) is 25.1 Å². The number of halogens is 2. The van der Waals surface area contributed by atoms with Crippen molar-refractivity contribution in [1.82, 2.24) is 10.2 Å². The molecule has 0 spiro atoms. The van der Waals surface area contributed by atoms with Crippen LogP contribution in [0.4, 0.5) is 13.6 Å². The Morgan fingerprint density at radius 1 is 0.974 bits per heavy atom. The van der Waals surface area contributed by atoms with Gasteiger partial charge in [0.25, 0.3) is 0 Å². The number of carbonyl (C=O) groups is 1. The molecule has 0 aliphatic carbocycles. The maximum Gasteiger partial charge on any atom is 0.318 e. The van der Waals surface area contributed by atoms with Crippen LogP contribution in [0.5, 0.6) is 17.2 Å². The first kappa shape index (κ1) is 28.5. The molecule has 3 aromatic rings. The average molecular weight is 525 g/mol. The number of ether oxygens (including phenoxy) is 3. The quantitative estimate of drug-likeness (QED) is 0.282. The Labute approximate surface area is 222 Å². The van der Waals surface area contributed by atoms with Gasteiger partial charge in [0.1, 0.15) is 35.3 Å². The summed E-state index contributed by atoms with van der Waals surface area (Å²) in [5, 5.41) is 2.78. The minimum Gasteiger partial charge on any atom is -0.497 e. The van der Waals surface area contributed by atoms with Crippen molar-refractivity contribution >= 4 is 6.03 Å². The number of nitrogens with zero attached hydrogens (tertiary/aromatic N) is 1. The molecule has 0 bridgehead atoms. The third-order valence-electron chi connectivity index (χ3n) is 6.40. The van der Waals surface area contributed by atoms with Gasteiger partial charge in [-0.1, -0.05) is 36.4 Å². The fourth-order valence-electron chi connectivity index (χ4n) is 4.34. The molecule has 0 radical (unpaired) electrons. The van der Waals surface area contributed by atoms with Crippen molar-refractivity contribution < 1.29 is 27.8 Å². The fourth-order valence-corrected chi connectivity index (χ4v) is 4.34. The van der Waals surface area contributed by atoms with Crippen molar-refractivity contribution in [3.8, 4) is 17.2 Å². The van der Waals surface area contributed by atoms with Crippen LogP contribution < -0.4 is 19.5 Å². The SMILES string of the molecule is C=CC[C@](CF)(NC(=O)N(Cc1ccc(C)cc1OC)Cc1ccc(OC)cc1OC)c1ccccc1F. The molecule has 1 atom stereocenters. The molecule has 3 aromatic carbocycles. The van der Waals surface area contributed by atoms with Gasteiger partial charge in [-0.05, 0) is 43.2 Å². The zero-order chi connectivity index (χ0) is 27.7. The molecular weight excluding hydrogens is 490 g/mol. The van der Waals surface area contributed by atoms with Gasteiger partial charge in [-0.15, -0.1) is 6.58 Å². The predicted molar refractivity (Wildman–Crippen MR) is 144 cm³/mol. The van der Waals surface area contributed by atoms with Gasteiger partial charge < -0.3 is 24.4 Å². The minimum atomic E-state index is -1.64. The number of rotatable bonds is 12. The highest BCUT2D eigenvalue weighted by atomic mass is 19.1. The summed E-state index contributed by atoms with van der Waals surface area (Å²) < 4.78 is 45.9. The van der Waals surface area contributed by atoms with Crippen molar-refractivity contribution in [2.24, 2.45) is 0 Å². The molecule has 2 amide bonds. The molecule has 202 valence electrons. The number of nitrogens with one attached hydrogen (secondary N) is 1. The van der Waals surface area contributed by atoms with Crippen LogP contribution in [-0.4, -0.2) is 38.9 Å². The Kier molecular flexibility index (Phi) is 9.71. The smallest absolute Gasteiger partial charge is 0.318 e. The first-order valence-corrected chi connectivity index (χ1v) is 12.1. The van der Waals surface area contributed by atoms with Crippen LogP contribution in [0.3, 0.4) is 0 Å². The highest BCUT2D eigenvalue weighted by Gasteiger charge is 2.37. The average Bonchev–Trinajstić information content (AvgIpc) is 2.93. The number of aryl methyl sites for hydroxylation is 1. The molecule has 1 N–H and O–H groups in total. The molecule has 6 nitrogen and oxygen atoms in total. The third-order valence-corrected chi connectivity index (χ3v) is 6.40. The summed E-state index contributed by atoms with van der Waals surface area (Å²) in [5.41, 5.74) is 0.867. The Morgan fingerprint density at radius 2 is 1.61 bits per heavy atom. The van der Waals surface area contributed by atoms with Crippen LogP contribution in [0.1, 0.15) is 28.7 Å². The molecule has 0 heterocycles. The second-order valence-electron chi connectivity index (χ2n) is 8.97. The summed E-state index contributed by atoms with van der Waals surface area (Å²) in [5.74, 6) is 1.12. The van der Waals surface area contributed by atoms with E-state index in [9.17, 15) is 13.6 Å². The predicted octanol–water partition coefficient (Wildman–Crippen LogP) is 6.31. The lowest BCUT2D eigenvalue weighted by molar-refractivity contribution is 0.164. The Hall–Kier alpha value is -4.07. The van der Waals surface area contributed by atoms with E-state index in [1.165, 1.54) is 36.3 Å². The molecular formula is C30H34F2N2O4. The molecule has 0 aliphatic heterocycles. The molecule has 3 rings (SSSR count). The Morgan fingerprint density at radius 3 is 2.18 bits per heavy atom. The van der Waals surface area contributed by atoms with Crippen LogP contribution in [-0.2, 0) is 18.6 Å². The van der Waals surface area contributed by atoms with Crippen LogP contribution in [0.15, 0.2) is 73.3 Å². The fraction of sp³-hybridized carbons (Fsp3) is 0.300. The summed E-state index contributed by atoms with van der Waals surface area (Å²) in [4.78, 5) is 15.4. The zero-order valence-corrected chi connectivity index (χ0v) is 22.2. The van der Waals surface area contributed by atoms with Gasteiger partial charge in [0.2, 0.25) is 0 Å². The van der Waals surface area contributed by atoms with Crippen LogP contribution in [0, 0.1) is 12.7 Å². The van der Waals surface area contributed by atoms with E-state index in [2.05, 4.69) is 11.9 Å². The Balaban J connectivity index is 2.05. The number of alkyl halides is 1. The molecule has 0 aliphatic rings. The molecule has 8 heteroatoms. The van der Waals surface area contributed by atoms with Crippen molar-refractivity contribution in [1.29, 1.82) is 0 Å². The van der Waals surface area contributed by atoms with E-state index >= 15 is 0 Å². The van der Waals surface area contributed by atoms with E-state index in [-0.39, 0.29) is 25.1 Å². The maximum atomic E-state index is 14.8. The lowest BCUT2D eigenvalue weighted by atomic mass is 9.87. The Bertz CT molecular complexity index is 1270. The summed E-state index contributed by atoms with van der Waals surface area (Å²) in [6, 6.07) is 16.2. The van der Waals surface area contributed by atoms with Crippen molar-refractivity contribution in [3.63, 3.8) is 0 Å². The molecule has 0 unspecified atom stereocenters. The van der Waals surface area contributed by atoms with Crippen LogP contribution in [0.2, 0.25) is 0 Å². The highest BCUT2D eigenvalue weighted by Crippen LogP contribution is 2.31. The summed E-state index contributed by atoms with van der Waals surface area (Å²) >= 11 is 0. The molecule has 0 aromatic heterocycles. The van der Waals surface area contributed by atoms with Crippen LogP contribution in [0.25, 0.3) is 0 Å². The topological polar surface area (TPSA) is 60.0 Å². The first-order valence-electron chi connectivity index (χ1n) is 12.1. The van der Waals surface area contributed by atoms with Crippen molar-refractivity contribution in [3.05, 3.63) is 101 Å². The number of hydrogen-bond donors (Lipinski definition) is 1. The number of benzene rings is 3. The number of hydrogen-bond acceptors (Lipinski definition) is 4. The second-order valence-corrected chi connectivity index (χ2v) is 8.97. The number of urea groups is 1. The normalized spacial score (nSPS) is 12.3. The summed E-state index contributed by atoms with van der Waals surface area (Å²) in [6.07, 6.45) is 1.45. The largest absolute Gasteiger partial charge is 0.497 e. The van der Waals surface area contributed by atoms with Gasteiger partial charge in [-0.25, -0.2) is 13.6 Å². The number of methoxy groups -OCH3 is 3.